The standard InChI is InChI=1S/C25H34ClN3O4S/c1-7-19-11-13-22(14-12-19)29(34(6,32)33)17-23(30)28(16-20-9-8-10-21(26)15-20)18(2)24(31)27-25(3,4)5/h8-15,18H,7,16-17H2,1-6H3,(H,27,31)/t18-/m1/s1. The summed E-state index contributed by atoms with van der Waals surface area (Å²) in [4.78, 5) is 27.8. The summed E-state index contributed by atoms with van der Waals surface area (Å²) in [7, 11) is -3.76. The number of carbonyl (C=O) groups is 2. The van der Waals surface area contributed by atoms with Crippen molar-refractivity contribution in [2.75, 3.05) is 17.1 Å². The second-order valence-electron chi connectivity index (χ2n) is 9.36. The Morgan fingerprint density at radius 1 is 1.06 bits per heavy atom. The molecule has 186 valence electrons. The summed E-state index contributed by atoms with van der Waals surface area (Å²) in [6, 6.07) is 13.2. The van der Waals surface area contributed by atoms with Crippen molar-refractivity contribution >= 4 is 39.1 Å². The van der Waals surface area contributed by atoms with Crippen molar-refractivity contribution in [2.24, 2.45) is 0 Å². The van der Waals surface area contributed by atoms with Gasteiger partial charge in [0.05, 0.1) is 11.9 Å². The third kappa shape index (κ3) is 8.02. The first-order valence-corrected chi connectivity index (χ1v) is 13.4. The van der Waals surface area contributed by atoms with Crippen molar-refractivity contribution in [1.82, 2.24) is 10.2 Å². The predicted octanol–water partition coefficient (Wildman–Crippen LogP) is 4.00. The molecule has 2 aromatic rings. The van der Waals surface area contributed by atoms with Crippen LogP contribution in [0.2, 0.25) is 5.02 Å². The first-order chi connectivity index (χ1) is 15.7. The Kier molecular flexibility index (Phi) is 9.14. The Morgan fingerprint density at radius 3 is 2.18 bits per heavy atom. The van der Waals surface area contributed by atoms with Gasteiger partial charge in [-0.1, -0.05) is 42.8 Å². The van der Waals surface area contributed by atoms with Gasteiger partial charge in [-0.15, -0.1) is 0 Å². The van der Waals surface area contributed by atoms with Crippen LogP contribution in [0.4, 0.5) is 5.69 Å². The van der Waals surface area contributed by atoms with Crippen molar-refractivity contribution in [1.29, 1.82) is 0 Å². The molecule has 0 fully saturated rings. The van der Waals surface area contributed by atoms with E-state index in [1.807, 2.05) is 39.8 Å². The Bertz CT molecular complexity index is 1110. The van der Waals surface area contributed by atoms with Crippen molar-refractivity contribution in [3.63, 3.8) is 0 Å². The number of anilines is 1. The average Bonchev–Trinajstić information content (AvgIpc) is 2.73. The zero-order valence-electron chi connectivity index (χ0n) is 20.6. The molecule has 0 heterocycles. The van der Waals surface area contributed by atoms with E-state index < -0.39 is 34.1 Å². The van der Waals surface area contributed by atoms with Crippen LogP contribution in [0.1, 0.15) is 45.7 Å². The molecule has 2 amide bonds. The lowest BCUT2D eigenvalue weighted by atomic mass is 10.1. The number of nitrogens with one attached hydrogen (secondary N) is 1. The summed E-state index contributed by atoms with van der Waals surface area (Å²) >= 11 is 6.12. The second kappa shape index (κ2) is 11.2. The number of carbonyl (C=O) groups excluding carboxylic acids is 2. The van der Waals surface area contributed by atoms with Crippen LogP contribution in [-0.4, -0.2) is 49.5 Å². The van der Waals surface area contributed by atoms with E-state index in [0.717, 1.165) is 28.1 Å². The highest BCUT2D eigenvalue weighted by Crippen LogP contribution is 2.21. The molecule has 7 nitrogen and oxygen atoms in total. The lowest BCUT2D eigenvalue weighted by Gasteiger charge is -2.33. The molecule has 0 unspecified atom stereocenters. The predicted molar refractivity (Wildman–Crippen MR) is 137 cm³/mol. The fourth-order valence-electron chi connectivity index (χ4n) is 3.40. The van der Waals surface area contributed by atoms with Gasteiger partial charge in [-0.2, -0.15) is 0 Å². The van der Waals surface area contributed by atoms with Gasteiger partial charge in [-0.3, -0.25) is 13.9 Å². The Morgan fingerprint density at radius 2 is 1.68 bits per heavy atom. The molecule has 0 aromatic heterocycles. The minimum Gasteiger partial charge on any atom is -0.350 e. The minimum atomic E-state index is -3.76. The maximum Gasteiger partial charge on any atom is 0.244 e. The van der Waals surface area contributed by atoms with Crippen LogP contribution in [0.3, 0.4) is 0 Å². The summed E-state index contributed by atoms with van der Waals surface area (Å²) in [5.74, 6) is -0.831. The number of aryl methyl sites for hydroxylation is 1. The van der Waals surface area contributed by atoms with Gasteiger partial charge < -0.3 is 10.2 Å². The average molecular weight is 508 g/mol. The van der Waals surface area contributed by atoms with Gasteiger partial charge in [-0.25, -0.2) is 8.42 Å². The number of sulfonamides is 1. The number of amides is 2. The molecular formula is C25H34ClN3O4S. The molecule has 0 spiro atoms. The topological polar surface area (TPSA) is 86.8 Å². The highest BCUT2D eigenvalue weighted by Gasteiger charge is 2.31. The number of rotatable bonds is 9. The van der Waals surface area contributed by atoms with Crippen LogP contribution < -0.4 is 9.62 Å². The Balaban J connectivity index is 2.39. The molecule has 2 aromatic carbocycles. The van der Waals surface area contributed by atoms with E-state index in [1.165, 1.54) is 4.90 Å². The molecule has 0 bridgehead atoms. The molecule has 2 rings (SSSR count). The van der Waals surface area contributed by atoms with E-state index >= 15 is 0 Å². The maximum atomic E-state index is 13.5. The fraction of sp³-hybridized carbons (Fsp3) is 0.440. The van der Waals surface area contributed by atoms with Gasteiger partial charge in [0, 0.05) is 17.1 Å². The molecular weight excluding hydrogens is 474 g/mol. The summed E-state index contributed by atoms with van der Waals surface area (Å²) in [5, 5.41) is 3.39. The van der Waals surface area contributed by atoms with E-state index in [1.54, 1.807) is 43.3 Å². The number of hydrogen-bond donors (Lipinski definition) is 1. The minimum absolute atomic E-state index is 0.102. The normalized spacial score (nSPS) is 12.7. The molecule has 0 aliphatic carbocycles. The first-order valence-electron chi connectivity index (χ1n) is 11.1. The first kappa shape index (κ1) is 27.7. The van der Waals surface area contributed by atoms with E-state index in [2.05, 4.69) is 5.32 Å². The molecule has 9 heteroatoms. The van der Waals surface area contributed by atoms with Crippen molar-refractivity contribution in [3.05, 3.63) is 64.7 Å². The number of benzene rings is 2. The van der Waals surface area contributed by atoms with Gasteiger partial charge >= 0.3 is 0 Å². The van der Waals surface area contributed by atoms with Gasteiger partial charge in [0.25, 0.3) is 0 Å². The van der Waals surface area contributed by atoms with Gasteiger partial charge in [0.1, 0.15) is 12.6 Å². The molecule has 0 saturated heterocycles. The van der Waals surface area contributed by atoms with Crippen LogP contribution in [0.25, 0.3) is 0 Å². The smallest absolute Gasteiger partial charge is 0.244 e. The third-order valence-electron chi connectivity index (χ3n) is 5.22. The van der Waals surface area contributed by atoms with Crippen molar-refractivity contribution in [2.45, 2.75) is 59.2 Å². The monoisotopic (exact) mass is 507 g/mol. The van der Waals surface area contributed by atoms with Gasteiger partial charge in [0.2, 0.25) is 21.8 Å². The molecule has 1 N–H and O–H groups in total. The van der Waals surface area contributed by atoms with Crippen LogP contribution >= 0.6 is 11.6 Å². The molecule has 1 atom stereocenters. The zero-order valence-corrected chi connectivity index (χ0v) is 22.2. The van der Waals surface area contributed by atoms with Gasteiger partial charge in [0.15, 0.2) is 0 Å². The molecule has 0 saturated carbocycles. The van der Waals surface area contributed by atoms with E-state index in [4.69, 9.17) is 11.6 Å². The highest BCUT2D eigenvalue weighted by molar-refractivity contribution is 7.92. The molecule has 34 heavy (non-hydrogen) atoms. The maximum absolute atomic E-state index is 13.5. The van der Waals surface area contributed by atoms with Crippen LogP contribution in [0, 0.1) is 0 Å². The SMILES string of the molecule is CCc1ccc(N(CC(=O)N(Cc2cccc(Cl)c2)[C@H](C)C(=O)NC(C)(C)C)S(C)(=O)=O)cc1. The van der Waals surface area contributed by atoms with Gasteiger partial charge in [-0.05, 0) is 69.5 Å². The zero-order chi connectivity index (χ0) is 25.7. The molecule has 0 aliphatic heterocycles. The fourth-order valence-corrected chi connectivity index (χ4v) is 4.46. The Hall–Kier alpha value is -2.58. The summed E-state index contributed by atoms with van der Waals surface area (Å²) in [6.45, 7) is 8.86. The molecule has 0 aliphatic rings. The number of halogens is 1. The van der Waals surface area contributed by atoms with Crippen LogP contribution in [-0.2, 0) is 32.6 Å². The third-order valence-corrected chi connectivity index (χ3v) is 6.59. The lowest BCUT2D eigenvalue weighted by Crippen LogP contribution is -2.54. The summed E-state index contributed by atoms with van der Waals surface area (Å²) in [5.41, 5.74) is 1.69. The van der Waals surface area contributed by atoms with E-state index in [9.17, 15) is 18.0 Å². The highest BCUT2D eigenvalue weighted by atomic mass is 35.5. The van der Waals surface area contributed by atoms with Crippen LogP contribution in [0.15, 0.2) is 48.5 Å². The Labute approximate surface area is 208 Å². The largest absolute Gasteiger partial charge is 0.350 e. The second-order valence-corrected chi connectivity index (χ2v) is 11.7. The quantitative estimate of drug-likeness (QED) is 0.555. The van der Waals surface area contributed by atoms with Crippen molar-refractivity contribution in [3.8, 4) is 0 Å². The number of nitrogens with zero attached hydrogens (tertiary/aromatic N) is 2. The molecule has 0 radical (unpaired) electrons. The van der Waals surface area contributed by atoms with Crippen molar-refractivity contribution < 1.29 is 18.0 Å². The summed E-state index contributed by atoms with van der Waals surface area (Å²) in [6.07, 6.45) is 1.87. The number of hydrogen-bond acceptors (Lipinski definition) is 4. The van der Waals surface area contributed by atoms with E-state index in [0.29, 0.717) is 10.7 Å². The summed E-state index contributed by atoms with van der Waals surface area (Å²) < 4.78 is 26.3. The van der Waals surface area contributed by atoms with Crippen LogP contribution in [0.5, 0.6) is 0 Å². The lowest BCUT2D eigenvalue weighted by molar-refractivity contribution is -0.140. The van der Waals surface area contributed by atoms with E-state index in [-0.39, 0.29) is 12.5 Å².